The van der Waals surface area contributed by atoms with Gasteiger partial charge in [-0.25, -0.2) is 13.4 Å². The van der Waals surface area contributed by atoms with E-state index in [0.29, 0.717) is 12.1 Å². The molecule has 0 aliphatic rings. The SMILES string of the molecule is Cc1nc(C#N)c(S(=O)(=O)CCc2ccc(N)cc2)o1. The van der Waals surface area contributed by atoms with Gasteiger partial charge in [0.25, 0.3) is 5.09 Å². The molecule has 0 radical (unpaired) electrons. The summed E-state index contributed by atoms with van der Waals surface area (Å²) in [7, 11) is -3.67. The molecule has 1 aromatic carbocycles. The van der Waals surface area contributed by atoms with E-state index in [-0.39, 0.29) is 22.4 Å². The first-order valence-electron chi connectivity index (χ1n) is 5.87. The standard InChI is InChI=1S/C13H13N3O3S/c1-9-16-12(8-14)13(19-9)20(17,18)7-6-10-2-4-11(15)5-3-10/h2-5H,6-7,15H2,1H3. The van der Waals surface area contributed by atoms with E-state index < -0.39 is 9.84 Å². The lowest BCUT2D eigenvalue weighted by molar-refractivity contribution is 0.422. The quantitative estimate of drug-likeness (QED) is 0.854. The molecule has 0 amide bonds. The summed E-state index contributed by atoms with van der Waals surface area (Å²) in [6.07, 6.45) is 0.313. The zero-order valence-electron chi connectivity index (χ0n) is 10.8. The third-order valence-electron chi connectivity index (χ3n) is 2.73. The minimum Gasteiger partial charge on any atom is -0.428 e. The Kier molecular flexibility index (Phi) is 3.77. The minimum absolute atomic E-state index is 0.153. The van der Waals surface area contributed by atoms with Gasteiger partial charge in [0.15, 0.2) is 11.6 Å². The lowest BCUT2D eigenvalue weighted by Crippen LogP contribution is -2.10. The fourth-order valence-electron chi connectivity index (χ4n) is 1.72. The van der Waals surface area contributed by atoms with Crippen LogP contribution in [0.15, 0.2) is 33.8 Å². The number of hydrogen-bond acceptors (Lipinski definition) is 6. The van der Waals surface area contributed by atoms with Crippen LogP contribution >= 0.6 is 0 Å². The molecule has 0 bridgehead atoms. The van der Waals surface area contributed by atoms with Crippen molar-refractivity contribution in [2.24, 2.45) is 0 Å². The molecule has 20 heavy (non-hydrogen) atoms. The number of benzene rings is 1. The van der Waals surface area contributed by atoms with Gasteiger partial charge >= 0.3 is 0 Å². The molecule has 0 saturated carbocycles. The fraction of sp³-hybridized carbons (Fsp3) is 0.231. The summed E-state index contributed by atoms with van der Waals surface area (Å²) in [5.74, 6) is 0.00728. The summed E-state index contributed by atoms with van der Waals surface area (Å²) < 4.78 is 29.3. The second-order valence-corrected chi connectivity index (χ2v) is 6.30. The van der Waals surface area contributed by atoms with Gasteiger partial charge in [0.2, 0.25) is 9.84 Å². The molecule has 2 aromatic rings. The molecular weight excluding hydrogens is 278 g/mol. The van der Waals surface area contributed by atoms with Gasteiger partial charge in [-0.1, -0.05) is 12.1 Å². The highest BCUT2D eigenvalue weighted by molar-refractivity contribution is 7.91. The van der Waals surface area contributed by atoms with E-state index in [1.54, 1.807) is 30.3 Å². The van der Waals surface area contributed by atoms with E-state index >= 15 is 0 Å². The molecule has 0 unspecified atom stereocenters. The van der Waals surface area contributed by atoms with Crippen LogP contribution in [0.3, 0.4) is 0 Å². The van der Waals surface area contributed by atoms with Gasteiger partial charge in [-0.3, -0.25) is 0 Å². The van der Waals surface area contributed by atoms with E-state index in [1.165, 1.54) is 6.92 Å². The monoisotopic (exact) mass is 291 g/mol. The summed E-state index contributed by atoms with van der Waals surface area (Å²) in [6, 6.07) is 8.68. The van der Waals surface area contributed by atoms with Crippen molar-refractivity contribution in [3.05, 3.63) is 41.4 Å². The molecule has 0 aliphatic heterocycles. The van der Waals surface area contributed by atoms with Gasteiger partial charge in [0.05, 0.1) is 5.75 Å². The molecular formula is C13H13N3O3S. The van der Waals surface area contributed by atoms with Gasteiger partial charge in [0, 0.05) is 12.6 Å². The number of aromatic nitrogens is 1. The second kappa shape index (κ2) is 5.35. The Labute approximate surface area is 116 Å². The lowest BCUT2D eigenvalue weighted by Gasteiger charge is -2.02. The highest BCUT2D eigenvalue weighted by Crippen LogP contribution is 2.19. The van der Waals surface area contributed by atoms with E-state index in [1.807, 2.05) is 0 Å². The molecule has 2 N–H and O–H groups in total. The van der Waals surface area contributed by atoms with Crippen LogP contribution in [0, 0.1) is 18.3 Å². The van der Waals surface area contributed by atoms with Crippen LogP contribution in [-0.2, 0) is 16.3 Å². The van der Waals surface area contributed by atoms with Crippen molar-refractivity contribution in [3.63, 3.8) is 0 Å². The van der Waals surface area contributed by atoms with Crippen molar-refractivity contribution in [3.8, 4) is 6.07 Å². The molecule has 0 spiro atoms. The number of oxazole rings is 1. The third kappa shape index (κ3) is 2.97. The number of hydrogen-bond donors (Lipinski definition) is 1. The van der Waals surface area contributed by atoms with Crippen LogP contribution < -0.4 is 5.73 Å². The number of rotatable bonds is 4. The number of aryl methyl sites for hydroxylation is 2. The van der Waals surface area contributed by atoms with Gasteiger partial charge in [-0.2, -0.15) is 5.26 Å². The number of sulfone groups is 1. The highest BCUT2D eigenvalue weighted by atomic mass is 32.2. The average Bonchev–Trinajstić information content (AvgIpc) is 2.80. The summed E-state index contributed by atoms with van der Waals surface area (Å²) in [6.45, 7) is 1.50. The fourth-order valence-corrected chi connectivity index (χ4v) is 3.04. The van der Waals surface area contributed by atoms with Crippen molar-refractivity contribution < 1.29 is 12.8 Å². The summed E-state index contributed by atoms with van der Waals surface area (Å²) in [4.78, 5) is 3.74. The maximum absolute atomic E-state index is 12.2. The predicted molar refractivity (Wildman–Crippen MR) is 72.6 cm³/mol. The van der Waals surface area contributed by atoms with Crippen LogP contribution in [-0.4, -0.2) is 19.2 Å². The number of nitrogens with two attached hydrogens (primary N) is 1. The zero-order chi connectivity index (χ0) is 14.8. The third-order valence-corrected chi connectivity index (χ3v) is 4.31. The molecule has 0 atom stereocenters. The summed E-state index contributed by atoms with van der Waals surface area (Å²) >= 11 is 0. The number of anilines is 1. The van der Waals surface area contributed by atoms with Crippen LogP contribution in [0.25, 0.3) is 0 Å². The van der Waals surface area contributed by atoms with Crippen molar-refractivity contribution in [1.82, 2.24) is 4.98 Å². The normalized spacial score (nSPS) is 11.2. The Morgan fingerprint density at radius 1 is 1.35 bits per heavy atom. The zero-order valence-corrected chi connectivity index (χ0v) is 11.6. The van der Waals surface area contributed by atoms with Crippen LogP contribution in [0.2, 0.25) is 0 Å². The van der Waals surface area contributed by atoms with Gasteiger partial charge in [-0.15, -0.1) is 0 Å². The number of nitrogens with zero attached hydrogens (tertiary/aromatic N) is 2. The molecule has 1 heterocycles. The smallest absolute Gasteiger partial charge is 0.256 e. The van der Waals surface area contributed by atoms with Crippen molar-refractivity contribution in [2.75, 3.05) is 11.5 Å². The molecule has 6 nitrogen and oxygen atoms in total. The summed E-state index contributed by atoms with van der Waals surface area (Å²) in [5, 5.41) is 8.51. The van der Waals surface area contributed by atoms with Crippen molar-refractivity contribution in [2.45, 2.75) is 18.4 Å². The van der Waals surface area contributed by atoms with Crippen LogP contribution in [0.5, 0.6) is 0 Å². The Balaban J connectivity index is 2.19. The Hall–Kier alpha value is -2.33. The average molecular weight is 291 g/mol. The van der Waals surface area contributed by atoms with E-state index in [2.05, 4.69) is 4.98 Å². The Morgan fingerprint density at radius 3 is 2.60 bits per heavy atom. The first-order valence-corrected chi connectivity index (χ1v) is 7.52. The van der Waals surface area contributed by atoms with E-state index in [0.717, 1.165) is 5.56 Å². The summed E-state index contributed by atoms with van der Waals surface area (Å²) in [5.41, 5.74) is 6.83. The largest absolute Gasteiger partial charge is 0.428 e. The topological polar surface area (TPSA) is 110 Å². The van der Waals surface area contributed by atoms with Crippen LogP contribution in [0.1, 0.15) is 17.1 Å². The van der Waals surface area contributed by atoms with Crippen molar-refractivity contribution in [1.29, 1.82) is 5.26 Å². The molecule has 0 saturated heterocycles. The molecule has 2 rings (SSSR count). The van der Waals surface area contributed by atoms with Gasteiger partial charge in [-0.05, 0) is 24.1 Å². The van der Waals surface area contributed by atoms with Gasteiger partial charge < -0.3 is 10.2 Å². The van der Waals surface area contributed by atoms with Crippen LogP contribution in [0.4, 0.5) is 5.69 Å². The maximum Gasteiger partial charge on any atom is 0.256 e. The molecule has 104 valence electrons. The first kappa shape index (κ1) is 14.1. The minimum atomic E-state index is -3.67. The predicted octanol–water partition coefficient (Wildman–Crippen LogP) is 1.45. The second-order valence-electron chi connectivity index (χ2n) is 4.29. The Morgan fingerprint density at radius 2 is 2.00 bits per heavy atom. The van der Waals surface area contributed by atoms with E-state index in [9.17, 15) is 8.42 Å². The van der Waals surface area contributed by atoms with E-state index in [4.69, 9.17) is 15.4 Å². The maximum atomic E-state index is 12.2. The highest BCUT2D eigenvalue weighted by Gasteiger charge is 2.25. The first-order chi connectivity index (χ1) is 9.42. The number of nitrogen functional groups attached to an aromatic ring is 1. The van der Waals surface area contributed by atoms with Crippen molar-refractivity contribution >= 4 is 15.5 Å². The molecule has 7 heteroatoms. The molecule has 0 fully saturated rings. The number of nitriles is 1. The Bertz CT molecular complexity index is 755. The lowest BCUT2D eigenvalue weighted by atomic mass is 10.2. The molecule has 0 aliphatic carbocycles. The molecule has 1 aromatic heterocycles. The van der Waals surface area contributed by atoms with Gasteiger partial charge in [0.1, 0.15) is 6.07 Å².